The Bertz CT molecular complexity index is 629. The van der Waals surface area contributed by atoms with Gasteiger partial charge in [-0.1, -0.05) is 45.0 Å². The molecule has 0 amide bonds. The lowest BCUT2D eigenvalue weighted by atomic mass is 9.82. The maximum absolute atomic E-state index is 5.84. The Morgan fingerprint density at radius 3 is 2.35 bits per heavy atom. The van der Waals surface area contributed by atoms with Crippen LogP contribution < -0.4 is 10.1 Å². The minimum absolute atomic E-state index is 0.225. The van der Waals surface area contributed by atoms with E-state index in [-0.39, 0.29) is 5.41 Å². The minimum Gasteiger partial charge on any atom is -0.492 e. The van der Waals surface area contributed by atoms with Gasteiger partial charge in [0.15, 0.2) is 0 Å². The monoisotopic (exact) mass is 311 g/mol. The first-order valence-corrected chi connectivity index (χ1v) is 8.47. The molecule has 0 aliphatic carbocycles. The maximum atomic E-state index is 5.84. The molecule has 0 unspecified atom stereocenters. The number of anilines is 1. The maximum Gasteiger partial charge on any atom is 0.119 e. The molecule has 0 aliphatic rings. The average Bonchev–Trinajstić information content (AvgIpc) is 2.55. The normalized spacial score (nSPS) is 11.3. The molecule has 23 heavy (non-hydrogen) atoms. The van der Waals surface area contributed by atoms with E-state index in [9.17, 15) is 0 Å². The molecule has 0 radical (unpaired) electrons. The van der Waals surface area contributed by atoms with Gasteiger partial charge in [-0.3, -0.25) is 0 Å². The molecule has 2 rings (SSSR count). The van der Waals surface area contributed by atoms with Crippen molar-refractivity contribution in [3.05, 3.63) is 59.2 Å². The Labute approximate surface area is 140 Å². The number of rotatable bonds is 7. The van der Waals surface area contributed by atoms with Crippen LogP contribution in [0.1, 0.15) is 43.9 Å². The van der Waals surface area contributed by atoms with E-state index >= 15 is 0 Å². The molecule has 0 bridgehead atoms. The Morgan fingerprint density at radius 1 is 1.00 bits per heavy atom. The van der Waals surface area contributed by atoms with E-state index < -0.39 is 0 Å². The predicted octanol–water partition coefficient (Wildman–Crippen LogP) is 5.48. The van der Waals surface area contributed by atoms with E-state index in [0.717, 1.165) is 18.7 Å². The fraction of sp³-hybridized carbons (Fsp3) is 0.429. The summed E-state index contributed by atoms with van der Waals surface area (Å²) in [6.07, 6.45) is 1.13. The highest BCUT2D eigenvalue weighted by Crippen LogP contribution is 2.28. The molecule has 124 valence electrons. The molecular weight excluding hydrogens is 282 g/mol. The van der Waals surface area contributed by atoms with Crippen LogP contribution in [0.3, 0.4) is 0 Å². The number of nitrogens with one attached hydrogen (secondary N) is 1. The highest BCUT2D eigenvalue weighted by atomic mass is 16.5. The van der Waals surface area contributed by atoms with Crippen molar-refractivity contribution in [3.8, 4) is 5.75 Å². The van der Waals surface area contributed by atoms with Crippen LogP contribution in [-0.2, 0) is 5.41 Å². The van der Waals surface area contributed by atoms with Crippen LogP contribution in [0.25, 0.3) is 0 Å². The lowest BCUT2D eigenvalue weighted by molar-refractivity contribution is 0.332. The minimum atomic E-state index is 0.225. The van der Waals surface area contributed by atoms with Crippen molar-refractivity contribution in [1.82, 2.24) is 0 Å². The third-order valence-corrected chi connectivity index (χ3v) is 4.60. The van der Waals surface area contributed by atoms with E-state index in [2.05, 4.69) is 82.4 Å². The van der Waals surface area contributed by atoms with E-state index in [0.29, 0.717) is 6.61 Å². The van der Waals surface area contributed by atoms with Gasteiger partial charge in [-0.25, -0.2) is 0 Å². The fourth-order valence-corrected chi connectivity index (χ4v) is 2.49. The second-order valence-electron chi connectivity index (χ2n) is 6.86. The summed E-state index contributed by atoms with van der Waals surface area (Å²) in [5.41, 5.74) is 5.31. The van der Waals surface area contributed by atoms with Gasteiger partial charge in [-0.05, 0) is 60.6 Å². The SMILES string of the molecule is CCC(C)(C)c1ccc(OCCNc2cc(C)ccc2C)cc1. The van der Waals surface area contributed by atoms with Gasteiger partial charge < -0.3 is 10.1 Å². The van der Waals surface area contributed by atoms with Crippen LogP contribution in [0, 0.1) is 13.8 Å². The smallest absolute Gasteiger partial charge is 0.119 e. The van der Waals surface area contributed by atoms with Crippen LogP contribution >= 0.6 is 0 Å². The molecule has 2 heteroatoms. The highest BCUT2D eigenvalue weighted by Gasteiger charge is 2.17. The van der Waals surface area contributed by atoms with E-state index in [1.165, 1.54) is 22.4 Å². The average molecular weight is 311 g/mol. The van der Waals surface area contributed by atoms with Gasteiger partial charge in [0.05, 0.1) is 0 Å². The quantitative estimate of drug-likeness (QED) is 0.683. The summed E-state index contributed by atoms with van der Waals surface area (Å²) in [4.78, 5) is 0. The topological polar surface area (TPSA) is 21.3 Å². The lowest BCUT2D eigenvalue weighted by Crippen LogP contribution is -2.15. The largest absolute Gasteiger partial charge is 0.492 e. The van der Waals surface area contributed by atoms with E-state index in [1.807, 2.05) is 0 Å². The van der Waals surface area contributed by atoms with E-state index in [1.54, 1.807) is 0 Å². The molecule has 2 aromatic rings. The van der Waals surface area contributed by atoms with Gasteiger partial charge in [0.2, 0.25) is 0 Å². The third-order valence-electron chi connectivity index (χ3n) is 4.60. The first-order chi connectivity index (χ1) is 10.9. The lowest BCUT2D eigenvalue weighted by Gasteiger charge is -2.23. The van der Waals surface area contributed by atoms with Gasteiger partial charge in [0, 0.05) is 12.2 Å². The van der Waals surface area contributed by atoms with Gasteiger partial charge >= 0.3 is 0 Å². The Morgan fingerprint density at radius 2 is 1.70 bits per heavy atom. The molecule has 2 aromatic carbocycles. The van der Waals surface area contributed by atoms with Crippen molar-refractivity contribution in [2.24, 2.45) is 0 Å². The molecule has 0 fully saturated rings. The van der Waals surface area contributed by atoms with Crippen LogP contribution in [0.2, 0.25) is 0 Å². The van der Waals surface area contributed by atoms with Crippen LogP contribution in [0.5, 0.6) is 5.75 Å². The summed E-state index contributed by atoms with van der Waals surface area (Å²) in [5, 5.41) is 3.44. The number of hydrogen-bond acceptors (Lipinski definition) is 2. The van der Waals surface area contributed by atoms with Gasteiger partial charge in [-0.2, -0.15) is 0 Å². The molecule has 0 aliphatic heterocycles. The summed E-state index contributed by atoms with van der Waals surface area (Å²) in [7, 11) is 0. The van der Waals surface area contributed by atoms with Crippen molar-refractivity contribution in [2.45, 2.75) is 46.5 Å². The first-order valence-electron chi connectivity index (χ1n) is 8.47. The zero-order chi connectivity index (χ0) is 16.9. The second kappa shape index (κ2) is 7.54. The summed E-state index contributed by atoms with van der Waals surface area (Å²) < 4.78 is 5.84. The molecular formula is C21H29NO. The number of ether oxygens (including phenoxy) is 1. The molecule has 0 heterocycles. The van der Waals surface area contributed by atoms with Crippen molar-refractivity contribution >= 4 is 5.69 Å². The van der Waals surface area contributed by atoms with Crippen molar-refractivity contribution in [3.63, 3.8) is 0 Å². The van der Waals surface area contributed by atoms with Gasteiger partial charge in [0.25, 0.3) is 0 Å². The van der Waals surface area contributed by atoms with Crippen molar-refractivity contribution < 1.29 is 4.74 Å². The summed E-state index contributed by atoms with van der Waals surface area (Å²) in [6, 6.07) is 15.0. The van der Waals surface area contributed by atoms with Crippen molar-refractivity contribution in [2.75, 3.05) is 18.5 Å². The number of benzene rings is 2. The van der Waals surface area contributed by atoms with Crippen LogP contribution in [0.15, 0.2) is 42.5 Å². The predicted molar refractivity (Wildman–Crippen MR) is 99.7 cm³/mol. The molecule has 1 N–H and O–H groups in total. The van der Waals surface area contributed by atoms with Gasteiger partial charge in [0.1, 0.15) is 12.4 Å². The summed E-state index contributed by atoms with van der Waals surface area (Å²) >= 11 is 0. The van der Waals surface area contributed by atoms with Crippen molar-refractivity contribution in [1.29, 1.82) is 0 Å². The fourth-order valence-electron chi connectivity index (χ4n) is 2.49. The summed E-state index contributed by atoms with van der Waals surface area (Å²) in [5.74, 6) is 0.934. The molecule has 0 aromatic heterocycles. The molecule has 0 atom stereocenters. The molecule has 0 saturated carbocycles. The standard InChI is InChI=1S/C21H29NO/c1-6-21(4,5)18-9-11-19(12-10-18)23-14-13-22-20-15-16(2)7-8-17(20)3/h7-12,15,22H,6,13-14H2,1-5H3. The second-order valence-corrected chi connectivity index (χ2v) is 6.86. The molecule has 0 saturated heterocycles. The Balaban J connectivity index is 1.84. The zero-order valence-electron chi connectivity index (χ0n) is 15.1. The molecule has 0 spiro atoms. The third kappa shape index (κ3) is 4.75. The zero-order valence-corrected chi connectivity index (χ0v) is 15.1. The number of aryl methyl sites for hydroxylation is 2. The van der Waals surface area contributed by atoms with Gasteiger partial charge in [-0.15, -0.1) is 0 Å². The Hall–Kier alpha value is -1.96. The summed E-state index contributed by atoms with van der Waals surface area (Å²) in [6.45, 7) is 12.5. The van der Waals surface area contributed by atoms with Crippen LogP contribution in [0.4, 0.5) is 5.69 Å². The first kappa shape index (κ1) is 17.4. The van der Waals surface area contributed by atoms with E-state index in [4.69, 9.17) is 4.74 Å². The highest BCUT2D eigenvalue weighted by molar-refractivity contribution is 5.52. The molecule has 2 nitrogen and oxygen atoms in total. The van der Waals surface area contributed by atoms with Crippen LogP contribution in [-0.4, -0.2) is 13.2 Å². The Kier molecular flexibility index (Phi) is 5.70. The number of hydrogen-bond donors (Lipinski definition) is 1.